The summed E-state index contributed by atoms with van der Waals surface area (Å²) in [5.41, 5.74) is 19.7. The summed E-state index contributed by atoms with van der Waals surface area (Å²) in [7, 11) is -11.0. The largest absolute Gasteiger partial charge is 0.748 e. The van der Waals surface area contributed by atoms with Crippen molar-refractivity contribution in [3.8, 4) is 0 Å². The fourth-order valence-corrected chi connectivity index (χ4v) is 5.01. The van der Waals surface area contributed by atoms with Gasteiger partial charge in [0.1, 0.15) is 0 Å². The highest BCUT2D eigenvalue weighted by Crippen LogP contribution is 2.05. The van der Waals surface area contributed by atoms with Crippen LogP contribution in [-0.4, -0.2) is 188 Å². The molecular formula is C35H75ClN6O17S10. The monoisotopic (exact) mass is 1210 g/mol. The van der Waals surface area contributed by atoms with Crippen molar-refractivity contribution in [3.63, 3.8) is 0 Å². The lowest BCUT2D eigenvalue weighted by Crippen LogP contribution is -2.43. The SMILES string of the molecule is C/C=C/C(=O)SCCOCCSC(=O)/C=C/C.CC=CC(=O)Cl.CCCOS(C)(=O)=O.CS(=O)(=O)[O-].CS(=O)(=O)[O-].NC(=[NH2+])SCCOCCSC(N)=[NH2+].NC(N)=S.OCCO.SCCOCCS. The van der Waals surface area contributed by atoms with Gasteiger partial charge in [-0.2, -0.15) is 33.7 Å². The van der Waals surface area contributed by atoms with E-state index in [0.717, 1.165) is 48.9 Å². The molecule has 0 bridgehead atoms. The van der Waals surface area contributed by atoms with E-state index in [-0.39, 0.29) is 28.6 Å². The van der Waals surface area contributed by atoms with Gasteiger partial charge in [0.15, 0.2) is 5.11 Å². The molecule has 0 amide bonds. The number of amidine groups is 2. The molecule has 0 aromatic rings. The molecule has 0 unspecified atom stereocenters. The summed E-state index contributed by atoms with van der Waals surface area (Å²) < 4.78 is 94.7. The lowest BCUT2D eigenvalue weighted by molar-refractivity contribution is -0.110. The third-order valence-corrected chi connectivity index (χ3v) is 7.99. The number of thiocarbonyl (C=S) groups is 1. The summed E-state index contributed by atoms with van der Waals surface area (Å²) in [5, 5.41) is 26.1. The zero-order chi connectivity index (χ0) is 56.2. The number of hydrogen-bond acceptors (Lipinski definition) is 24. The fourth-order valence-electron chi connectivity index (χ4n) is 2.01. The number of rotatable bonds is 23. The van der Waals surface area contributed by atoms with Crippen LogP contribution in [-0.2, 0) is 63.1 Å². The Kier molecular flexibility index (Phi) is 87.3. The van der Waals surface area contributed by atoms with Crippen molar-refractivity contribution in [2.75, 3.05) is 113 Å². The molecule has 0 saturated carbocycles. The van der Waals surface area contributed by atoms with Crippen LogP contribution in [0, 0.1) is 0 Å². The van der Waals surface area contributed by atoms with E-state index in [2.05, 4.69) is 53.1 Å². The van der Waals surface area contributed by atoms with Crippen molar-refractivity contribution < 1.29 is 88.2 Å². The Hall–Kier alpha value is -1.22. The number of thioether (sulfide) groups is 4. The lowest BCUT2D eigenvalue weighted by atomic mass is 10.5. The van der Waals surface area contributed by atoms with Crippen LogP contribution in [0.3, 0.4) is 0 Å². The summed E-state index contributed by atoms with van der Waals surface area (Å²) in [6.45, 7) is 11.1. The van der Waals surface area contributed by atoms with E-state index in [1.807, 2.05) is 20.8 Å². The standard InChI is InChI=1S/C12H18O3S2.C6H14N4OS2.C4H5ClO.C4H10O3S.C4H10OS2.C2H6O2.CH4N2S.2CH4O3S/c1-3-5-11(13)16-9-7-15-8-10-17-12(14)6-4-2;7-5(8)12-3-1-11-2-4-13-6(9)10;1-2-3-4(5)6;1-3-4-7-8(2,5)6;6-3-1-5-2-4-7;3-1-2-4;2-1(3)4;2*1-5(2,3)4/h3-6H,7-10H2,1-2H3;1-4H2,(H3,7,8)(H3,9,10);2-3H,1H3;3-4H2,1-2H3;6-7H,1-4H2;3-4H,1-2H2;(H4,2,3,4);2*1H3,(H,2,3,4)/b5-3+,6-4+;;;;;;;;. The highest BCUT2D eigenvalue weighted by molar-refractivity contribution is 8.14. The van der Waals surface area contributed by atoms with Crippen LogP contribution in [0.5, 0.6) is 0 Å². The Morgan fingerprint density at radius 1 is 0.623 bits per heavy atom. The van der Waals surface area contributed by atoms with Gasteiger partial charge in [0.2, 0.25) is 15.5 Å². The van der Waals surface area contributed by atoms with Crippen LogP contribution in [0.25, 0.3) is 0 Å². The molecule has 0 heterocycles. The van der Waals surface area contributed by atoms with Crippen LogP contribution in [0.1, 0.15) is 34.1 Å². The Balaban J connectivity index is -0.0000000883. The molecule has 0 aliphatic carbocycles. The van der Waals surface area contributed by atoms with E-state index in [0.29, 0.717) is 67.4 Å². The Morgan fingerprint density at radius 3 is 1.04 bits per heavy atom. The number of aliphatic hydroxyl groups excluding tert-OH is 2. The first-order valence-electron chi connectivity index (χ1n) is 19.0. The summed E-state index contributed by atoms with van der Waals surface area (Å²) in [6.07, 6.45) is 12.4. The number of nitrogens with two attached hydrogens (primary N) is 6. The summed E-state index contributed by atoms with van der Waals surface area (Å²) in [6, 6.07) is 0. The fraction of sp³-hybridized carbons (Fsp3) is 0.657. The van der Waals surface area contributed by atoms with Gasteiger partial charge in [0, 0.05) is 47.0 Å². The number of thiol groups is 2. The van der Waals surface area contributed by atoms with Crippen LogP contribution in [0.2, 0.25) is 0 Å². The first-order chi connectivity index (χ1) is 31.7. The molecule has 0 aromatic carbocycles. The molecular weight excluding hydrogens is 1130 g/mol. The number of carbonyl (C=O) groups is 3. The number of halogens is 1. The zero-order valence-electron chi connectivity index (χ0n) is 39.8. The summed E-state index contributed by atoms with van der Waals surface area (Å²) in [4.78, 5) is 31.8. The molecule has 0 saturated heterocycles. The van der Waals surface area contributed by atoms with Crippen molar-refractivity contribution in [3.05, 3.63) is 36.5 Å². The van der Waals surface area contributed by atoms with Gasteiger partial charge < -0.3 is 45.0 Å². The predicted octanol–water partition coefficient (Wildman–Crippen LogP) is -1.66. The second kappa shape index (κ2) is 68.9. The van der Waals surface area contributed by atoms with Gasteiger partial charge in [-0.25, -0.2) is 16.8 Å². The Bertz CT molecular complexity index is 1570. The van der Waals surface area contributed by atoms with Crippen molar-refractivity contribution in [2.45, 2.75) is 34.1 Å². The molecule has 0 aliphatic rings. The van der Waals surface area contributed by atoms with Crippen LogP contribution in [0.15, 0.2) is 36.5 Å². The van der Waals surface area contributed by atoms with E-state index in [9.17, 15) is 22.8 Å². The molecule has 0 atom stereocenters. The Labute approximate surface area is 448 Å². The molecule has 0 aromatic heterocycles. The van der Waals surface area contributed by atoms with Gasteiger partial charge in [0.25, 0.3) is 20.5 Å². The minimum atomic E-state index is -3.92. The molecule has 23 nitrogen and oxygen atoms in total. The molecule has 14 N–H and O–H groups in total. The van der Waals surface area contributed by atoms with Gasteiger partial charge in [-0.15, -0.1) is 0 Å². The molecule has 0 spiro atoms. The predicted molar refractivity (Wildman–Crippen MR) is 295 cm³/mol. The van der Waals surface area contributed by atoms with Gasteiger partial charge >= 0.3 is 0 Å². The van der Waals surface area contributed by atoms with Crippen LogP contribution < -0.4 is 33.8 Å². The second-order valence-corrected chi connectivity index (χ2v) is 21.4. The van der Waals surface area contributed by atoms with Gasteiger partial charge in [-0.1, -0.05) is 48.7 Å². The number of allylic oxidation sites excluding steroid dienone is 4. The number of aliphatic hydroxyl groups is 2. The summed E-state index contributed by atoms with van der Waals surface area (Å²) in [5.74, 6) is 4.44. The molecule has 0 aliphatic heterocycles. The smallest absolute Gasteiger partial charge is 0.299 e. The van der Waals surface area contributed by atoms with Crippen LogP contribution in [0.4, 0.5) is 0 Å². The maximum Gasteiger partial charge on any atom is 0.299 e. The van der Waals surface area contributed by atoms with E-state index in [4.69, 9.17) is 84.3 Å². The van der Waals surface area contributed by atoms with Gasteiger partial charge in [0.05, 0.1) is 86.0 Å². The van der Waals surface area contributed by atoms with Crippen molar-refractivity contribution in [1.82, 2.24) is 0 Å². The van der Waals surface area contributed by atoms with E-state index in [1.165, 1.54) is 65.3 Å². The van der Waals surface area contributed by atoms with Crippen molar-refractivity contribution in [2.24, 2.45) is 22.9 Å². The van der Waals surface area contributed by atoms with Crippen molar-refractivity contribution in [1.29, 1.82) is 0 Å². The zero-order valence-corrected chi connectivity index (χ0v) is 48.9. The quantitative estimate of drug-likeness (QED) is 0.00630. The van der Waals surface area contributed by atoms with Gasteiger partial charge in [-0.05, 0) is 92.8 Å². The molecule has 0 rings (SSSR count). The Morgan fingerprint density at radius 2 is 0.884 bits per heavy atom. The molecule has 0 radical (unpaired) electrons. The average Bonchev–Trinajstić information content (AvgIpc) is 3.19. The number of carbonyl (C=O) groups excluding carboxylic acids is 3. The highest BCUT2D eigenvalue weighted by Gasteiger charge is 2.00. The van der Waals surface area contributed by atoms with E-state index < -0.39 is 35.6 Å². The molecule has 414 valence electrons. The first-order valence-corrected chi connectivity index (χ1v) is 30.5. The van der Waals surface area contributed by atoms with E-state index in [1.54, 1.807) is 25.2 Å². The third-order valence-electron chi connectivity index (χ3n) is 3.91. The average molecular weight is 1210 g/mol. The minimum Gasteiger partial charge on any atom is -0.748 e. The van der Waals surface area contributed by atoms with Crippen LogP contribution >= 0.6 is 96.1 Å². The maximum atomic E-state index is 11.1. The van der Waals surface area contributed by atoms with E-state index >= 15 is 0 Å². The topological polar surface area (TPSA) is 432 Å². The first kappa shape index (κ1) is 87.5. The van der Waals surface area contributed by atoms with Gasteiger partial charge in [-0.3, -0.25) is 40.9 Å². The van der Waals surface area contributed by atoms with Crippen molar-refractivity contribution >= 4 is 157 Å². The maximum absolute atomic E-state index is 11.1. The highest BCUT2D eigenvalue weighted by atomic mass is 35.5. The lowest BCUT2D eigenvalue weighted by Gasteiger charge is -2.01. The number of hydrogen-bond donors (Lipinski definition) is 10. The molecule has 34 heteroatoms. The second-order valence-electron chi connectivity index (χ2n) is 10.7. The third kappa shape index (κ3) is 196. The molecule has 0 fully saturated rings. The normalized spacial score (nSPS) is 10.3. The minimum absolute atomic E-state index is 0.000000000000000222. The summed E-state index contributed by atoms with van der Waals surface area (Å²) >= 11 is 22.1. The molecule has 69 heavy (non-hydrogen) atoms. The number of ether oxygens (including phenoxy) is 3.